The van der Waals surface area contributed by atoms with Crippen LogP contribution in [-0.2, 0) is 18.9 Å². The second kappa shape index (κ2) is 63.0. The molecule has 1 fully saturated rings. The molecule has 196 valence electrons. The van der Waals surface area contributed by atoms with Crippen LogP contribution in [0.3, 0.4) is 0 Å². The monoisotopic (exact) mass is 445 g/mol. The van der Waals surface area contributed by atoms with Gasteiger partial charge >= 0.3 is 0 Å². The van der Waals surface area contributed by atoms with E-state index in [2.05, 4.69) is 23.3 Å². The normalized spacial score (nSPS) is 11.8. The molecule has 30 heavy (non-hydrogen) atoms. The quantitative estimate of drug-likeness (QED) is 0.396. The molecular formula is C26H68O4. The van der Waals surface area contributed by atoms with Crippen molar-refractivity contribution in [3.8, 4) is 0 Å². The Morgan fingerprint density at radius 3 is 1.00 bits per heavy atom. The van der Waals surface area contributed by atoms with Crippen LogP contribution < -0.4 is 0 Å². The highest BCUT2D eigenvalue weighted by molar-refractivity contribution is 4.74. The van der Waals surface area contributed by atoms with Crippen LogP contribution in [0.5, 0.6) is 0 Å². The molecule has 0 aromatic heterocycles. The topological polar surface area (TPSA) is 36.9 Å². The van der Waals surface area contributed by atoms with Gasteiger partial charge in [-0.1, -0.05) is 83.1 Å². The molecule has 0 bridgehead atoms. The average Bonchev–Trinajstić information content (AvgIpc) is 2.79. The van der Waals surface area contributed by atoms with Gasteiger partial charge in [0.15, 0.2) is 5.79 Å². The van der Waals surface area contributed by atoms with Crippen LogP contribution in [0.2, 0.25) is 0 Å². The van der Waals surface area contributed by atoms with Crippen molar-refractivity contribution in [2.45, 2.75) is 135 Å². The van der Waals surface area contributed by atoms with E-state index in [1.54, 1.807) is 21.3 Å². The van der Waals surface area contributed by atoms with Crippen molar-refractivity contribution in [1.82, 2.24) is 0 Å². The molecule has 0 amide bonds. The number of rotatable bonds is 5. The van der Waals surface area contributed by atoms with E-state index >= 15 is 0 Å². The Kier molecular flexibility index (Phi) is 109. The standard InChI is InChI=1S/C9H18O2.2C3H8O.C3H8.3C2H6.2CH4/c1-3-11-9(10-2)7-5-4-6-8-9;2*1-3-4-2;1-3-2;3*1-2;;/h3-8H2,1-2H3;2*3H2,1-2H3;3H2,1-2H3;3*1-2H3;2*1H4. The van der Waals surface area contributed by atoms with E-state index in [4.69, 9.17) is 9.47 Å². The van der Waals surface area contributed by atoms with E-state index < -0.39 is 0 Å². The fourth-order valence-electron chi connectivity index (χ4n) is 1.76. The molecule has 0 N–H and O–H groups in total. The molecule has 4 nitrogen and oxygen atoms in total. The Hall–Kier alpha value is -0.160. The van der Waals surface area contributed by atoms with E-state index in [1.165, 1.54) is 25.7 Å². The first-order valence-electron chi connectivity index (χ1n) is 11.7. The highest BCUT2D eigenvalue weighted by Gasteiger charge is 2.31. The van der Waals surface area contributed by atoms with E-state index in [1.807, 2.05) is 62.3 Å². The van der Waals surface area contributed by atoms with Crippen LogP contribution >= 0.6 is 0 Å². The molecule has 1 aliphatic rings. The summed E-state index contributed by atoms with van der Waals surface area (Å²) >= 11 is 0. The molecule has 0 atom stereocenters. The zero-order valence-corrected chi connectivity index (χ0v) is 22.5. The van der Waals surface area contributed by atoms with Gasteiger partial charge in [-0.15, -0.1) is 0 Å². The molecule has 0 spiro atoms. The zero-order chi connectivity index (χ0) is 23.7. The minimum Gasteiger partial charge on any atom is -0.385 e. The van der Waals surface area contributed by atoms with Crippen LogP contribution in [0.1, 0.15) is 130 Å². The Morgan fingerprint density at radius 2 is 0.833 bits per heavy atom. The van der Waals surface area contributed by atoms with Gasteiger partial charge in [0.25, 0.3) is 0 Å². The molecule has 0 aliphatic heterocycles. The maximum atomic E-state index is 5.60. The van der Waals surface area contributed by atoms with E-state index in [-0.39, 0.29) is 20.6 Å². The maximum absolute atomic E-state index is 5.60. The predicted octanol–water partition coefficient (Wildman–Crippen LogP) is 9.40. The molecule has 0 aromatic carbocycles. The summed E-state index contributed by atoms with van der Waals surface area (Å²) < 4.78 is 20.1. The SMILES string of the molecule is C.C.CC.CC.CC.CCC.CCOC.CCOC.CCOC1(OC)CCCCC1. The number of hydrogen-bond acceptors (Lipinski definition) is 4. The number of methoxy groups -OCH3 is 3. The summed E-state index contributed by atoms with van der Waals surface area (Å²) in [6, 6.07) is 0. The molecule has 0 heterocycles. The Labute approximate surface area is 195 Å². The van der Waals surface area contributed by atoms with Crippen molar-refractivity contribution < 1.29 is 18.9 Å². The van der Waals surface area contributed by atoms with Gasteiger partial charge in [0.1, 0.15) is 0 Å². The fourth-order valence-corrected chi connectivity index (χ4v) is 1.76. The first-order chi connectivity index (χ1) is 13.6. The van der Waals surface area contributed by atoms with Gasteiger partial charge in [-0.3, -0.25) is 0 Å². The summed E-state index contributed by atoms with van der Waals surface area (Å²) in [6.45, 7) is 24.6. The third kappa shape index (κ3) is 56.5. The summed E-state index contributed by atoms with van der Waals surface area (Å²) in [5.74, 6) is -0.229. The van der Waals surface area contributed by atoms with Crippen molar-refractivity contribution in [3.63, 3.8) is 0 Å². The second-order valence-corrected chi connectivity index (χ2v) is 4.97. The molecule has 1 saturated carbocycles. The lowest BCUT2D eigenvalue weighted by atomic mass is 9.94. The minimum atomic E-state index is -0.229. The molecule has 4 heteroatoms. The third-order valence-corrected chi connectivity index (χ3v) is 2.97. The predicted molar refractivity (Wildman–Crippen MR) is 143 cm³/mol. The van der Waals surface area contributed by atoms with Gasteiger partial charge in [0, 0.05) is 54.0 Å². The molecule has 1 aliphatic carbocycles. The largest absolute Gasteiger partial charge is 0.385 e. The van der Waals surface area contributed by atoms with Gasteiger partial charge in [0.05, 0.1) is 0 Å². The van der Waals surface area contributed by atoms with Gasteiger partial charge in [-0.25, -0.2) is 0 Å². The molecule has 0 saturated heterocycles. The number of ether oxygens (including phenoxy) is 4. The Bertz CT molecular complexity index is 157. The van der Waals surface area contributed by atoms with Crippen molar-refractivity contribution in [3.05, 3.63) is 0 Å². The first-order valence-corrected chi connectivity index (χ1v) is 11.7. The molecule has 1 rings (SSSR count). The van der Waals surface area contributed by atoms with Crippen molar-refractivity contribution in [2.75, 3.05) is 41.2 Å². The lowest BCUT2D eigenvalue weighted by Crippen LogP contribution is -2.36. The van der Waals surface area contributed by atoms with Crippen LogP contribution in [0, 0.1) is 0 Å². The van der Waals surface area contributed by atoms with Crippen molar-refractivity contribution >= 4 is 0 Å². The lowest BCUT2D eigenvalue weighted by Gasteiger charge is -2.35. The summed E-state index contributed by atoms with van der Waals surface area (Å²) in [5, 5.41) is 0. The zero-order valence-electron chi connectivity index (χ0n) is 22.5. The van der Waals surface area contributed by atoms with Gasteiger partial charge in [0.2, 0.25) is 0 Å². The fraction of sp³-hybridized carbons (Fsp3) is 1.00. The lowest BCUT2D eigenvalue weighted by molar-refractivity contribution is -0.235. The van der Waals surface area contributed by atoms with Gasteiger partial charge in [-0.05, 0) is 33.6 Å². The minimum absolute atomic E-state index is 0. The van der Waals surface area contributed by atoms with E-state index in [0.29, 0.717) is 0 Å². The van der Waals surface area contributed by atoms with E-state index in [9.17, 15) is 0 Å². The highest BCUT2D eigenvalue weighted by Crippen LogP contribution is 2.31. The smallest absolute Gasteiger partial charge is 0.167 e. The highest BCUT2D eigenvalue weighted by atomic mass is 16.7. The Balaban J connectivity index is -0.0000000363. The average molecular weight is 445 g/mol. The number of hydrogen-bond donors (Lipinski definition) is 0. The van der Waals surface area contributed by atoms with Crippen LogP contribution in [0.4, 0.5) is 0 Å². The Morgan fingerprint density at radius 1 is 0.567 bits per heavy atom. The van der Waals surface area contributed by atoms with Gasteiger partial charge < -0.3 is 18.9 Å². The molecule has 0 radical (unpaired) electrons. The van der Waals surface area contributed by atoms with Crippen LogP contribution in [0.15, 0.2) is 0 Å². The molecule has 0 unspecified atom stereocenters. The van der Waals surface area contributed by atoms with E-state index in [0.717, 1.165) is 32.7 Å². The van der Waals surface area contributed by atoms with Crippen LogP contribution in [-0.4, -0.2) is 46.9 Å². The summed E-state index contributed by atoms with van der Waals surface area (Å²) in [5.41, 5.74) is 0. The second-order valence-electron chi connectivity index (χ2n) is 4.97. The maximum Gasteiger partial charge on any atom is 0.167 e. The van der Waals surface area contributed by atoms with Crippen molar-refractivity contribution in [1.29, 1.82) is 0 Å². The molecular weight excluding hydrogens is 376 g/mol. The third-order valence-electron chi connectivity index (χ3n) is 2.97. The summed E-state index contributed by atoms with van der Waals surface area (Å²) in [4.78, 5) is 0. The van der Waals surface area contributed by atoms with Gasteiger partial charge in [-0.2, -0.15) is 0 Å². The van der Waals surface area contributed by atoms with Crippen molar-refractivity contribution in [2.24, 2.45) is 0 Å². The first kappa shape index (κ1) is 52.0. The summed E-state index contributed by atoms with van der Waals surface area (Å²) in [6.07, 6.45) is 7.20. The molecule has 0 aromatic rings. The summed E-state index contributed by atoms with van der Waals surface area (Å²) in [7, 11) is 5.11. The van der Waals surface area contributed by atoms with Crippen LogP contribution in [0.25, 0.3) is 0 Å².